The Morgan fingerprint density at radius 3 is 2.18 bits per heavy atom. The lowest BCUT2D eigenvalue weighted by Crippen LogP contribution is -2.58. The average molecular weight is 528 g/mol. The van der Waals surface area contributed by atoms with E-state index in [0.29, 0.717) is 11.6 Å². The van der Waals surface area contributed by atoms with Crippen LogP contribution in [-0.4, -0.2) is 59.1 Å². The predicted molar refractivity (Wildman–Crippen MR) is 140 cm³/mol. The largest absolute Gasteiger partial charge is 0.453 e. The van der Waals surface area contributed by atoms with Crippen LogP contribution in [0.5, 0.6) is 0 Å². The topological polar surface area (TPSA) is 144 Å². The molecule has 0 bridgehead atoms. The van der Waals surface area contributed by atoms with E-state index in [4.69, 9.17) is 9.15 Å². The number of ketones is 1. The van der Waals surface area contributed by atoms with Gasteiger partial charge in [0.2, 0.25) is 17.6 Å². The first-order chi connectivity index (χ1) is 17.8. The monoisotopic (exact) mass is 527 g/mol. The van der Waals surface area contributed by atoms with Crippen molar-refractivity contribution in [2.24, 2.45) is 11.8 Å². The van der Waals surface area contributed by atoms with Crippen molar-refractivity contribution in [2.75, 3.05) is 12.0 Å². The predicted octanol–water partition coefficient (Wildman–Crippen LogP) is 3.03. The molecule has 11 heteroatoms. The first-order valence-corrected chi connectivity index (χ1v) is 12.7. The highest BCUT2D eigenvalue weighted by Gasteiger charge is 2.43. The molecule has 3 rings (SSSR count). The first-order valence-electron chi connectivity index (χ1n) is 12.7. The summed E-state index contributed by atoms with van der Waals surface area (Å²) in [5.74, 6) is -1.90. The second-order valence-electron chi connectivity index (χ2n) is 11.2. The number of para-hydroxylation sites is 1. The van der Waals surface area contributed by atoms with Crippen molar-refractivity contribution in [2.45, 2.75) is 78.4 Å². The molecule has 2 aromatic rings. The molecule has 1 aromatic carbocycles. The van der Waals surface area contributed by atoms with Gasteiger partial charge >= 0.3 is 6.09 Å². The smallest absolute Gasteiger partial charge is 0.407 e. The Labute approximate surface area is 222 Å². The van der Waals surface area contributed by atoms with Gasteiger partial charge in [-0.3, -0.25) is 19.3 Å². The number of hydrogen-bond donors (Lipinski definition) is 2. The lowest BCUT2D eigenvalue weighted by atomic mass is 9.97. The summed E-state index contributed by atoms with van der Waals surface area (Å²) in [6.07, 6.45) is -0.491. The summed E-state index contributed by atoms with van der Waals surface area (Å²) in [7, 11) is 1.22. The highest BCUT2D eigenvalue weighted by molar-refractivity contribution is 6.07. The molecule has 1 aliphatic rings. The fourth-order valence-electron chi connectivity index (χ4n) is 4.26. The van der Waals surface area contributed by atoms with Crippen LogP contribution in [0.2, 0.25) is 0 Å². The number of nitrogens with one attached hydrogen (secondary N) is 2. The lowest BCUT2D eigenvalue weighted by Gasteiger charge is -2.31. The molecule has 3 atom stereocenters. The van der Waals surface area contributed by atoms with Gasteiger partial charge in [0.25, 0.3) is 11.8 Å². The molecule has 0 aliphatic carbocycles. The van der Waals surface area contributed by atoms with Crippen LogP contribution in [0.15, 0.2) is 28.7 Å². The normalized spacial score (nSPS) is 16.7. The molecule has 2 heterocycles. The molecular formula is C27H37N5O6. The van der Waals surface area contributed by atoms with Crippen molar-refractivity contribution in [1.82, 2.24) is 20.8 Å². The van der Waals surface area contributed by atoms with E-state index in [0.717, 1.165) is 5.56 Å². The molecule has 1 aromatic heterocycles. The number of nitrogens with zero attached hydrogens (tertiary/aromatic N) is 3. The standard InChI is InChI=1S/C27H37N5O6/c1-14(2)19(21(33)23-30-31-25(38-23)27(5,6)7)28-22(34)18-13-16-11-9-10-12-17(16)32(18)24(35)20(15(3)4)29-26(36)37-8/h9-12,14-15,18-20H,13H2,1-8H3,(H,28,34)(H,29,36)/t18-,19-,20-/m0/s1. The van der Waals surface area contributed by atoms with E-state index in [1.54, 1.807) is 39.8 Å². The maximum atomic E-state index is 13.8. The van der Waals surface area contributed by atoms with E-state index >= 15 is 0 Å². The summed E-state index contributed by atoms with van der Waals surface area (Å²) in [5, 5.41) is 13.3. The van der Waals surface area contributed by atoms with Gasteiger partial charge in [0.15, 0.2) is 0 Å². The minimum Gasteiger partial charge on any atom is -0.453 e. The molecule has 1 aliphatic heterocycles. The van der Waals surface area contributed by atoms with Gasteiger partial charge in [0.1, 0.15) is 12.1 Å². The number of anilines is 1. The highest BCUT2D eigenvalue weighted by Crippen LogP contribution is 2.33. The quantitative estimate of drug-likeness (QED) is 0.499. The minimum absolute atomic E-state index is 0.182. The number of carbonyl (C=O) groups excluding carboxylic acids is 4. The van der Waals surface area contributed by atoms with E-state index in [2.05, 4.69) is 20.8 Å². The molecule has 38 heavy (non-hydrogen) atoms. The minimum atomic E-state index is -0.953. The maximum absolute atomic E-state index is 13.8. The summed E-state index contributed by atoms with van der Waals surface area (Å²) in [6.45, 7) is 12.8. The molecule has 0 radical (unpaired) electrons. The summed E-state index contributed by atoms with van der Waals surface area (Å²) < 4.78 is 10.3. The number of aromatic nitrogens is 2. The van der Waals surface area contributed by atoms with Crippen molar-refractivity contribution in [3.05, 3.63) is 41.6 Å². The molecule has 0 fully saturated rings. The second-order valence-corrected chi connectivity index (χ2v) is 11.2. The molecular weight excluding hydrogens is 490 g/mol. The molecule has 0 unspecified atom stereocenters. The van der Waals surface area contributed by atoms with Crippen LogP contribution < -0.4 is 15.5 Å². The van der Waals surface area contributed by atoms with Gasteiger partial charge in [-0.15, -0.1) is 10.2 Å². The summed E-state index contributed by atoms with van der Waals surface area (Å²) in [4.78, 5) is 54.1. The van der Waals surface area contributed by atoms with E-state index < -0.39 is 47.2 Å². The van der Waals surface area contributed by atoms with Gasteiger partial charge in [0.05, 0.1) is 13.2 Å². The Kier molecular flexibility index (Phi) is 8.58. The van der Waals surface area contributed by atoms with Crippen molar-refractivity contribution in [3.8, 4) is 0 Å². The second kappa shape index (κ2) is 11.3. The number of Topliss-reactive ketones (excluding diaryl/α,β-unsaturated/α-hetero) is 1. The summed E-state index contributed by atoms with van der Waals surface area (Å²) in [6, 6.07) is 4.40. The van der Waals surface area contributed by atoms with Crippen LogP contribution in [-0.2, 0) is 26.2 Å². The van der Waals surface area contributed by atoms with Gasteiger partial charge in [-0.25, -0.2) is 4.79 Å². The van der Waals surface area contributed by atoms with E-state index in [9.17, 15) is 19.2 Å². The summed E-state index contributed by atoms with van der Waals surface area (Å²) in [5.41, 5.74) is 0.943. The van der Waals surface area contributed by atoms with Crippen molar-refractivity contribution in [1.29, 1.82) is 0 Å². The fourth-order valence-corrected chi connectivity index (χ4v) is 4.26. The number of carbonyl (C=O) groups is 4. The number of ether oxygens (including phenoxy) is 1. The zero-order chi connectivity index (χ0) is 28.4. The van der Waals surface area contributed by atoms with E-state index in [1.165, 1.54) is 12.0 Å². The van der Waals surface area contributed by atoms with Gasteiger partial charge in [0, 0.05) is 17.5 Å². The molecule has 0 saturated carbocycles. The SMILES string of the molecule is COC(=O)N[C@H](C(=O)N1c2ccccc2C[C@H]1C(=O)N[C@H](C(=O)c1nnc(C(C)(C)C)o1)C(C)C)C(C)C. The Morgan fingerprint density at radius 1 is 1.00 bits per heavy atom. The molecule has 206 valence electrons. The number of amides is 3. The van der Waals surface area contributed by atoms with Crippen LogP contribution in [0.1, 0.15) is 70.6 Å². The van der Waals surface area contributed by atoms with Gasteiger partial charge in [-0.05, 0) is 23.5 Å². The van der Waals surface area contributed by atoms with Gasteiger partial charge < -0.3 is 19.8 Å². The average Bonchev–Trinajstić information content (AvgIpc) is 3.50. The molecule has 0 saturated heterocycles. The molecule has 0 spiro atoms. The van der Waals surface area contributed by atoms with Crippen LogP contribution in [0.25, 0.3) is 0 Å². The van der Waals surface area contributed by atoms with Crippen molar-refractivity contribution in [3.63, 3.8) is 0 Å². The number of methoxy groups -OCH3 is 1. The zero-order valence-corrected chi connectivity index (χ0v) is 23.2. The Balaban J connectivity index is 1.90. The number of rotatable bonds is 8. The van der Waals surface area contributed by atoms with Gasteiger partial charge in [-0.1, -0.05) is 66.7 Å². The first kappa shape index (κ1) is 28.8. The van der Waals surface area contributed by atoms with Crippen LogP contribution in [0.3, 0.4) is 0 Å². The number of benzene rings is 1. The highest BCUT2D eigenvalue weighted by atomic mass is 16.5. The Bertz CT molecular complexity index is 1200. The summed E-state index contributed by atoms with van der Waals surface area (Å²) >= 11 is 0. The third kappa shape index (κ3) is 6.03. The molecule has 11 nitrogen and oxygen atoms in total. The number of fused-ring (bicyclic) bond motifs is 1. The fraction of sp³-hybridized carbons (Fsp3) is 0.556. The van der Waals surface area contributed by atoms with Gasteiger partial charge in [-0.2, -0.15) is 0 Å². The van der Waals surface area contributed by atoms with Crippen LogP contribution in [0.4, 0.5) is 10.5 Å². The van der Waals surface area contributed by atoms with Crippen molar-refractivity contribution >= 4 is 29.4 Å². The van der Waals surface area contributed by atoms with E-state index in [1.807, 2.05) is 32.9 Å². The number of hydrogen-bond acceptors (Lipinski definition) is 8. The van der Waals surface area contributed by atoms with Crippen LogP contribution in [0, 0.1) is 11.8 Å². The lowest BCUT2D eigenvalue weighted by molar-refractivity contribution is -0.127. The molecule has 3 amide bonds. The third-order valence-electron chi connectivity index (χ3n) is 6.43. The Hall–Kier alpha value is -3.76. The zero-order valence-electron chi connectivity index (χ0n) is 23.2. The maximum Gasteiger partial charge on any atom is 0.407 e. The third-order valence-corrected chi connectivity index (χ3v) is 6.43. The number of alkyl carbamates (subject to hydrolysis) is 1. The Morgan fingerprint density at radius 2 is 1.63 bits per heavy atom. The molecule has 2 N–H and O–H groups in total. The van der Waals surface area contributed by atoms with Crippen LogP contribution >= 0.6 is 0 Å². The van der Waals surface area contributed by atoms with E-state index in [-0.39, 0.29) is 24.1 Å². The van der Waals surface area contributed by atoms with Crippen molar-refractivity contribution < 1.29 is 28.3 Å².